The summed E-state index contributed by atoms with van der Waals surface area (Å²) in [6.07, 6.45) is 0. The van der Waals surface area contributed by atoms with Crippen LogP contribution in [-0.4, -0.2) is 23.7 Å². The Morgan fingerprint density at radius 3 is 2.50 bits per heavy atom. The van der Waals surface area contributed by atoms with E-state index in [0.717, 1.165) is 0 Å². The lowest BCUT2D eigenvalue weighted by atomic mass is 10.3. The first-order valence-electron chi connectivity index (χ1n) is 5.48. The van der Waals surface area contributed by atoms with E-state index in [2.05, 4.69) is 46.8 Å². The van der Waals surface area contributed by atoms with Crippen molar-refractivity contribution >= 4 is 47.6 Å². The Bertz CT molecular complexity index is 723. The second kappa shape index (κ2) is 5.84. The van der Waals surface area contributed by atoms with Gasteiger partial charge in [-0.2, -0.15) is 13.5 Å². The van der Waals surface area contributed by atoms with Gasteiger partial charge >= 0.3 is 0 Å². The van der Waals surface area contributed by atoms with E-state index in [1.54, 1.807) is 25.1 Å². The van der Waals surface area contributed by atoms with Gasteiger partial charge in [0.2, 0.25) is 5.03 Å². The molecule has 0 bridgehead atoms. The largest absolute Gasteiger partial charge is 0.392 e. The number of aliphatic hydroxyl groups excluding tert-OH is 1. The first-order chi connectivity index (χ1) is 9.36. The van der Waals surface area contributed by atoms with Crippen molar-refractivity contribution in [1.82, 2.24) is 10.2 Å². The highest BCUT2D eigenvalue weighted by Crippen LogP contribution is 2.32. The highest BCUT2D eigenvalue weighted by atomic mass is 79.9. The number of anilines is 1. The minimum atomic E-state index is -3.89. The molecule has 0 aliphatic carbocycles. The molecule has 0 saturated heterocycles. The lowest BCUT2D eigenvalue weighted by molar-refractivity contribution is 0.277. The molecular formula is C11H11Br2N3O3S. The Morgan fingerprint density at radius 1 is 1.35 bits per heavy atom. The van der Waals surface area contributed by atoms with Crippen molar-refractivity contribution in [1.29, 1.82) is 0 Å². The van der Waals surface area contributed by atoms with Crippen molar-refractivity contribution in [2.45, 2.75) is 18.6 Å². The molecule has 0 amide bonds. The van der Waals surface area contributed by atoms with Crippen LogP contribution in [0.5, 0.6) is 0 Å². The van der Waals surface area contributed by atoms with E-state index in [4.69, 9.17) is 0 Å². The Hall–Kier alpha value is -0.900. The molecule has 0 aliphatic heterocycles. The van der Waals surface area contributed by atoms with Crippen LogP contribution in [0.25, 0.3) is 0 Å². The summed E-state index contributed by atoms with van der Waals surface area (Å²) in [6.45, 7) is 1.24. The van der Waals surface area contributed by atoms with Crippen LogP contribution >= 0.6 is 31.9 Å². The second-order valence-electron chi connectivity index (χ2n) is 3.99. The molecule has 0 aliphatic rings. The van der Waals surface area contributed by atoms with Crippen molar-refractivity contribution in [3.63, 3.8) is 0 Å². The molecule has 1 aromatic heterocycles. The number of aromatic nitrogens is 2. The molecule has 0 saturated carbocycles. The summed E-state index contributed by atoms with van der Waals surface area (Å²) in [4.78, 5) is 0. The molecular weight excluding hydrogens is 414 g/mol. The molecule has 1 aromatic carbocycles. The Kier molecular flexibility index (Phi) is 4.52. The molecule has 0 unspecified atom stereocenters. The first-order valence-corrected chi connectivity index (χ1v) is 8.55. The number of para-hydroxylation sites is 1. The number of aryl methyl sites for hydroxylation is 1. The third kappa shape index (κ3) is 2.90. The topological polar surface area (TPSA) is 95.1 Å². The highest BCUT2D eigenvalue weighted by Gasteiger charge is 2.24. The molecule has 3 N–H and O–H groups in total. The zero-order valence-corrected chi connectivity index (χ0v) is 14.3. The first kappa shape index (κ1) is 15.5. The Morgan fingerprint density at radius 2 is 1.95 bits per heavy atom. The molecule has 1 heterocycles. The summed E-state index contributed by atoms with van der Waals surface area (Å²) in [6, 6.07) is 5.19. The number of rotatable bonds is 4. The summed E-state index contributed by atoms with van der Waals surface area (Å²) >= 11 is 6.56. The quantitative estimate of drug-likeness (QED) is 0.702. The Balaban J connectivity index is 2.46. The summed E-state index contributed by atoms with van der Waals surface area (Å²) < 4.78 is 28.3. The number of nitrogens with zero attached hydrogens (tertiary/aromatic N) is 1. The van der Waals surface area contributed by atoms with Crippen LogP contribution in [0.2, 0.25) is 0 Å². The zero-order valence-electron chi connectivity index (χ0n) is 10.3. The van der Waals surface area contributed by atoms with Crippen molar-refractivity contribution < 1.29 is 13.5 Å². The van der Waals surface area contributed by atoms with Gasteiger partial charge in [-0.25, -0.2) is 0 Å². The van der Waals surface area contributed by atoms with E-state index in [-0.39, 0.29) is 10.6 Å². The van der Waals surface area contributed by atoms with Crippen molar-refractivity contribution in [2.24, 2.45) is 0 Å². The zero-order chi connectivity index (χ0) is 14.9. The van der Waals surface area contributed by atoms with Crippen LogP contribution in [0.3, 0.4) is 0 Å². The maximum absolute atomic E-state index is 12.4. The van der Waals surface area contributed by atoms with Crippen LogP contribution in [0.4, 0.5) is 5.69 Å². The number of hydrogen-bond donors (Lipinski definition) is 3. The third-order valence-electron chi connectivity index (χ3n) is 2.65. The molecule has 0 spiro atoms. The molecule has 9 heteroatoms. The molecule has 6 nitrogen and oxygen atoms in total. The number of H-pyrrole nitrogens is 1. The van der Waals surface area contributed by atoms with Gasteiger partial charge in [0.15, 0.2) is 0 Å². The van der Waals surface area contributed by atoms with Crippen LogP contribution in [-0.2, 0) is 16.6 Å². The van der Waals surface area contributed by atoms with Gasteiger partial charge < -0.3 is 5.11 Å². The normalized spacial score (nSPS) is 11.6. The van der Waals surface area contributed by atoms with E-state index in [1.807, 2.05) is 0 Å². The number of halogens is 2. The SMILES string of the molecule is Cc1[nH]nc(S(=O)(=O)Nc2c(Br)cccc2Br)c1CO. The molecule has 108 valence electrons. The standard InChI is InChI=1S/C11H11Br2N3O3S/c1-6-7(5-17)11(15-14-6)20(18,19)16-10-8(12)3-2-4-9(10)13/h2-4,16-17H,5H2,1H3,(H,14,15). The van der Waals surface area contributed by atoms with Crippen molar-refractivity contribution in [3.05, 3.63) is 38.4 Å². The number of benzene rings is 1. The lowest BCUT2D eigenvalue weighted by Crippen LogP contribution is -2.16. The van der Waals surface area contributed by atoms with Crippen molar-refractivity contribution in [2.75, 3.05) is 4.72 Å². The van der Waals surface area contributed by atoms with Gasteiger partial charge in [0.25, 0.3) is 10.0 Å². The van der Waals surface area contributed by atoms with Gasteiger partial charge in [-0.3, -0.25) is 9.82 Å². The molecule has 0 fully saturated rings. The highest BCUT2D eigenvalue weighted by molar-refractivity contribution is 9.11. The van der Waals surface area contributed by atoms with Gasteiger partial charge in [0.05, 0.1) is 12.3 Å². The van der Waals surface area contributed by atoms with Crippen LogP contribution in [0, 0.1) is 6.92 Å². The summed E-state index contributed by atoms with van der Waals surface area (Å²) in [5.41, 5.74) is 1.14. The smallest absolute Gasteiger partial charge is 0.281 e. The van der Waals surface area contributed by atoms with E-state index < -0.39 is 16.6 Å². The van der Waals surface area contributed by atoms with Crippen molar-refractivity contribution in [3.8, 4) is 0 Å². The van der Waals surface area contributed by atoms with Gasteiger partial charge in [0, 0.05) is 20.2 Å². The maximum atomic E-state index is 12.4. The predicted molar refractivity (Wildman–Crippen MR) is 81.9 cm³/mol. The molecule has 20 heavy (non-hydrogen) atoms. The number of nitrogens with one attached hydrogen (secondary N) is 2. The van der Waals surface area contributed by atoms with Gasteiger partial charge in [-0.05, 0) is 50.9 Å². The molecule has 0 radical (unpaired) electrons. The van der Waals surface area contributed by atoms with Crippen LogP contribution < -0.4 is 4.72 Å². The second-order valence-corrected chi connectivity index (χ2v) is 7.30. The lowest BCUT2D eigenvalue weighted by Gasteiger charge is -2.10. The molecule has 2 aromatic rings. The van der Waals surface area contributed by atoms with Gasteiger partial charge in [-0.1, -0.05) is 6.07 Å². The molecule has 2 rings (SSSR count). The number of hydrogen-bond acceptors (Lipinski definition) is 4. The Labute approximate surface area is 132 Å². The van der Waals surface area contributed by atoms with Gasteiger partial charge in [-0.15, -0.1) is 0 Å². The summed E-state index contributed by atoms with van der Waals surface area (Å²) in [5.74, 6) is 0. The number of sulfonamides is 1. The van der Waals surface area contributed by atoms with E-state index in [1.165, 1.54) is 0 Å². The van der Waals surface area contributed by atoms with E-state index >= 15 is 0 Å². The number of aliphatic hydroxyl groups is 1. The predicted octanol–water partition coefficient (Wildman–Crippen LogP) is 2.54. The fourth-order valence-electron chi connectivity index (χ4n) is 1.62. The van der Waals surface area contributed by atoms with E-state index in [9.17, 15) is 13.5 Å². The number of aromatic amines is 1. The van der Waals surface area contributed by atoms with Gasteiger partial charge in [0.1, 0.15) is 0 Å². The average molecular weight is 425 g/mol. The summed E-state index contributed by atoms with van der Waals surface area (Å²) in [5, 5.41) is 15.4. The fourth-order valence-corrected chi connectivity index (χ4v) is 4.37. The monoisotopic (exact) mass is 423 g/mol. The van der Waals surface area contributed by atoms with Crippen LogP contribution in [0.1, 0.15) is 11.3 Å². The van der Waals surface area contributed by atoms with E-state index in [0.29, 0.717) is 20.3 Å². The van der Waals surface area contributed by atoms with Crippen LogP contribution in [0.15, 0.2) is 32.2 Å². The maximum Gasteiger partial charge on any atom is 0.281 e. The molecule has 0 atom stereocenters. The fraction of sp³-hybridized carbons (Fsp3) is 0.182. The minimum Gasteiger partial charge on any atom is -0.392 e. The third-order valence-corrected chi connectivity index (χ3v) is 5.29. The summed E-state index contributed by atoms with van der Waals surface area (Å²) in [7, 11) is -3.89. The average Bonchev–Trinajstić information content (AvgIpc) is 2.76. The minimum absolute atomic E-state index is 0.208.